The number of urea groups is 1. The summed E-state index contributed by atoms with van der Waals surface area (Å²) in [5.74, 6) is -2.37. The van der Waals surface area contributed by atoms with Gasteiger partial charge < -0.3 is 25.4 Å². The van der Waals surface area contributed by atoms with E-state index in [0.717, 1.165) is 5.56 Å². The molecule has 2 aromatic carbocycles. The van der Waals surface area contributed by atoms with E-state index < -0.39 is 29.4 Å². The first-order valence-electron chi connectivity index (χ1n) is 14.1. The lowest BCUT2D eigenvalue weighted by Crippen LogP contribution is -2.62. The molecule has 3 rings (SSSR count). The quantitative estimate of drug-likeness (QED) is 0.170. The fourth-order valence-electron chi connectivity index (χ4n) is 4.37. The molecule has 4 N–H and O–H groups in total. The van der Waals surface area contributed by atoms with Gasteiger partial charge in [0, 0.05) is 31.8 Å². The molecule has 3 aromatic rings. The van der Waals surface area contributed by atoms with Crippen LogP contribution in [0.4, 0.5) is 16.3 Å². The summed E-state index contributed by atoms with van der Waals surface area (Å²) < 4.78 is 10.3. The van der Waals surface area contributed by atoms with Crippen molar-refractivity contribution in [2.45, 2.75) is 52.6 Å². The molecule has 0 spiro atoms. The van der Waals surface area contributed by atoms with Crippen LogP contribution in [0, 0.1) is 6.92 Å². The molecule has 0 atom stereocenters. The molecule has 4 amide bonds. The number of benzene rings is 2. The number of carbonyl (C=O) groups excluding carboxylic acids is 5. The molecule has 1 aromatic heterocycles. The van der Waals surface area contributed by atoms with Crippen LogP contribution in [0.1, 0.15) is 43.0 Å². The highest BCUT2D eigenvalue weighted by Crippen LogP contribution is 2.20. The number of aryl methyl sites for hydroxylation is 1. The van der Waals surface area contributed by atoms with Gasteiger partial charge in [-0.25, -0.2) is 19.4 Å². The van der Waals surface area contributed by atoms with Crippen molar-refractivity contribution in [2.75, 3.05) is 23.8 Å². The van der Waals surface area contributed by atoms with Crippen LogP contribution >= 0.6 is 0 Å². The van der Waals surface area contributed by atoms with Gasteiger partial charge in [0.2, 0.25) is 17.4 Å². The molecule has 0 aliphatic heterocycles. The Morgan fingerprint density at radius 1 is 0.818 bits per heavy atom. The van der Waals surface area contributed by atoms with Gasteiger partial charge in [-0.2, -0.15) is 0 Å². The van der Waals surface area contributed by atoms with Gasteiger partial charge >= 0.3 is 18.0 Å². The molecular weight excluding hydrogens is 566 g/mol. The number of anilines is 2. The predicted octanol–water partition coefficient (Wildman–Crippen LogP) is 3.44. The standard InChI is InChI=1S/C32H37N5O7/c1-5-43-29(40)32(37-22(4)38,30(41)44-6-2)18-23-11-9-12-24(16-23)20-34-28(39)17-25-14-15-27(33-19-25)36-31(42)35-26-13-8-7-10-21(26)3/h7-16,19H,5-6,17-18,20H2,1-4H3,(H,34,39)(H,37,38)(H2,33,35,36,42). The Labute approximate surface area is 255 Å². The largest absolute Gasteiger partial charge is 0.464 e. The number of hydrogen-bond donors (Lipinski definition) is 4. The van der Waals surface area contributed by atoms with Crippen LogP contribution in [0.2, 0.25) is 0 Å². The topological polar surface area (TPSA) is 165 Å². The molecule has 1 heterocycles. The van der Waals surface area contributed by atoms with Crippen LogP contribution in [-0.4, -0.2) is 53.5 Å². The van der Waals surface area contributed by atoms with Crippen LogP contribution in [0.15, 0.2) is 66.9 Å². The number of rotatable bonds is 13. The number of aromatic nitrogens is 1. The number of para-hydroxylation sites is 1. The molecular formula is C32H37N5O7. The van der Waals surface area contributed by atoms with Gasteiger partial charge in [0.15, 0.2) is 0 Å². The molecule has 12 nitrogen and oxygen atoms in total. The highest BCUT2D eigenvalue weighted by atomic mass is 16.6. The second kappa shape index (κ2) is 15.8. The van der Waals surface area contributed by atoms with Crippen molar-refractivity contribution in [1.29, 1.82) is 0 Å². The molecule has 44 heavy (non-hydrogen) atoms. The van der Waals surface area contributed by atoms with Crippen LogP contribution in [-0.2, 0) is 48.0 Å². The minimum atomic E-state index is -2.06. The van der Waals surface area contributed by atoms with Crippen molar-refractivity contribution in [1.82, 2.24) is 15.6 Å². The molecule has 0 unspecified atom stereocenters. The normalized spacial score (nSPS) is 10.7. The lowest BCUT2D eigenvalue weighted by Gasteiger charge is -2.30. The Kier molecular flexibility index (Phi) is 12.0. The summed E-state index contributed by atoms with van der Waals surface area (Å²) >= 11 is 0. The summed E-state index contributed by atoms with van der Waals surface area (Å²) in [5.41, 5.74) is 1.45. The van der Waals surface area contributed by atoms with Gasteiger partial charge in [0.1, 0.15) is 5.82 Å². The summed E-state index contributed by atoms with van der Waals surface area (Å²) in [7, 11) is 0. The summed E-state index contributed by atoms with van der Waals surface area (Å²) in [6, 6.07) is 17.2. The van der Waals surface area contributed by atoms with E-state index in [1.165, 1.54) is 13.1 Å². The van der Waals surface area contributed by atoms with Crippen molar-refractivity contribution in [3.63, 3.8) is 0 Å². The van der Waals surface area contributed by atoms with E-state index in [1.807, 2.05) is 25.1 Å². The number of nitrogens with one attached hydrogen (secondary N) is 4. The zero-order chi connectivity index (χ0) is 32.1. The minimum Gasteiger partial charge on any atom is -0.464 e. The first-order valence-corrected chi connectivity index (χ1v) is 14.1. The van der Waals surface area contributed by atoms with E-state index in [0.29, 0.717) is 28.2 Å². The monoisotopic (exact) mass is 603 g/mol. The van der Waals surface area contributed by atoms with Crippen molar-refractivity contribution in [3.05, 3.63) is 89.1 Å². The Hall–Kier alpha value is -5.26. The van der Waals surface area contributed by atoms with Crippen molar-refractivity contribution < 1.29 is 33.4 Å². The summed E-state index contributed by atoms with van der Waals surface area (Å²) in [5, 5.41) is 10.7. The molecule has 0 saturated carbocycles. The smallest absolute Gasteiger partial charge is 0.344 e. The van der Waals surface area contributed by atoms with E-state index in [4.69, 9.17) is 9.47 Å². The first-order chi connectivity index (χ1) is 21.1. The van der Waals surface area contributed by atoms with Gasteiger partial charge in [-0.15, -0.1) is 0 Å². The number of hydrogen-bond acceptors (Lipinski definition) is 8. The fraction of sp³-hybridized carbons (Fsp3) is 0.312. The summed E-state index contributed by atoms with van der Waals surface area (Å²) in [4.78, 5) is 67.0. The van der Waals surface area contributed by atoms with Crippen LogP contribution in [0.5, 0.6) is 0 Å². The molecule has 232 valence electrons. The van der Waals surface area contributed by atoms with Gasteiger partial charge in [0.25, 0.3) is 0 Å². The molecule has 0 radical (unpaired) electrons. The van der Waals surface area contributed by atoms with E-state index in [2.05, 4.69) is 26.3 Å². The number of pyridine rings is 1. The van der Waals surface area contributed by atoms with E-state index in [-0.39, 0.29) is 38.5 Å². The Morgan fingerprint density at radius 2 is 1.50 bits per heavy atom. The highest BCUT2D eigenvalue weighted by molar-refractivity contribution is 6.08. The maximum Gasteiger partial charge on any atom is 0.344 e. The molecule has 0 aliphatic rings. The van der Waals surface area contributed by atoms with Gasteiger partial charge in [-0.05, 0) is 55.2 Å². The molecule has 12 heteroatoms. The fourth-order valence-corrected chi connectivity index (χ4v) is 4.37. The first kappa shape index (κ1) is 33.2. The lowest BCUT2D eigenvalue weighted by atomic mass is 9.89. The predicted molar refractivity (Wildman–Crippen MR) is 164 cm³/mol. The Morgan fingerprint density at radius 3 is 2.11 bits per heavy atom. The van der Waals surface area contributed by atoms with Crippen molar-refractivity contribution in [2.24, 2.45) is 0 Å². The maximum absolute atomic E-state index is 12.9. The molecule has 0 fully saturated rings. The summed E-state index contributed by atoms with van der Waals surface area (Å²) in [6.45, 7) is 6.46. The molecule has 0 bridgehead atoms. The number of ether oxygens (including phenoxy) is 2. The second-order valence-electron chi connectivity index (χ2n) is 9.92. The number of nitrogens with zero attached hydrogens (tertiary/aromatic N) is 1. The summed E-state index contributed by atoms with van der Waals surface area (Å²) in [6.07, 6.45) is 1.36. The number of carbonyl (C=O) groups is 5. The number of esters is 2. The second-order valence-corrected chi connectivity index (χ2v) is 9.92. The van der Waals surface area contributed by atoms with Gasteiger partial charge in [-0.3, -0.25) is 14.9 Å². The van der Waals surface area contributed by atoms with Crippen LogP contribution in [0.3, 0.4) is 0 Å². The third-order valence-corrected chi connectivity index (χ3v) is 6.41. The van der Waals surface area contributed by atoms with Crippen LogP contribution in [0.25, 0.3) is 0 Å². The third-order valence-electron chi connectivity index (χ3n) is 6.41. The van der Waals surface area contributed by atoms with Crippen molar-refractivity contribution in [3.8, 4) is 0 Å². The molecule has 0 saturated heterocycles. The van der Waals surface area contributed by atoms with E-state index in [1.54, 1.807) is 56.3 Å². The van der Waals surface area contributed by atoms with Crippen LogP contribution < -0.4 is 21.3 Å². The minimum absolute atomic E-state index is 0.00369. The maximum atomic E-state index is 12.9. The molecule has 0 aliphatic carbocycles. The SMILES string of the molecule is CCOC(=O)C(Cc1cccc(CNC(=O)Cc2ccc(NC(=O)Nc3ccccc3C)nc2)c1)(NC(C)=O)C(=O)OCC. The van der Waals surface area contributed by atoms with E-state index >= 15 is 0 Å². The Bertz CT molecular complexity index is 1470. The zero-order valence-electron chi connectivity index (χ0n) is 25.2. The zero-order valence-corrected chi connectivity index (χ0v) is 25.2. The lowest BCUT2D eigenvalue weighted by molar-refractivity contribution is -0.168. The average Bonchev–Trinajstić information content (AvgIpc) is 2.98. The highest BCUT2D eigenvalue weighted by Gasteiger charge is 2.50. The number of amides is 4. The third kappa shape index (κ3) is 9.38. The van der Waals surface area contributed by atoms with Gasteiger partial charge in [0.05, 0.1) is 19.6 Å². The Balaban J connectivity index is 1.60. The van der Waals surface area contributed by atoms with Crippen molar-refractivity contribution >= 4 is 41.3 Å². The average molecular weight is 604 g/mol. The van der Waals surface area contributed by atoms with E-state index in [9.17, 15) is 24.0 Å². The van der Waals surface area contributed by atoms with Gasteiger partial charge in [-0.1, -0.05) is 48.5 Å².